The molecule has 0 saturated carbocycles. The third-order valence-corrected chi connectivity index (χ3v) is 4.48. The fourth-order valence-electron chi connectivity index (χ4n) is 2.04. The van der Waals surface area contributed by atoms with E-state index >= 15 is 0 Å². The van der Waals surface area contributed by atoms with Gasteiger partial charge < -0.3 is 10.1 Å². The van der Waals surface area contributed by atoms with Gasteiger partial charge in [0.25, 0.3) is 0 Å². The molecular weight excluding hydrogens is 311 g/mol. The van der Waals surface area contributed by atoms with Crippen LogP contribution in [0.5, 0.6) is 0 Å². The van der Waals surface area contributed by atoms with Crippen LogP contribution >= 0.6 is 0 Å². The van der Waals surface area contributed by atoms with Crippen molar-refractivity contribution in [2.45, 2.75) is 19.1 Å². The van der Waals surface area contributed by atoms with Gasteiger partial charge >= 0.3 is 6.18 Å². The first-order valence-corrected chi connectivity index (χ1v) is 8.48. The summed E-state index contributed by atoms with van der Waals surface area (Å²) in [6, 6.07) is -1.80. The Morgan fingerprint density at radius 1 is 1.33 bits per heavy atom. The second-order valence-electron chi connectivity index (χ2n) is 4.71. The Morgan fingerprint density at radius 3 is 2.48 bits per heavy atom. The highest BCUT2D eigenvalue weighted by Gasteiger charge is 2.44. The smallest absolute Gasteiger partial charge is 0.381 e. The summed E-state index contributed by atoms with van der Waals surface area (Å²) in [4.78, 5) is 1.25. The van der Waals surface area contributed by atoms with Crippen LogP contribution in [-0.4, -0.2) is 77.2 Å². The predicted octanol–water partition coefficient (Wildman–Crippen LogP) is -0.222. The van der Waals surface area contributed by atoms with E-state index in [0.29, 0.717) is 19.7 Å². The van der Waals surface area contributed by atoms with Crippen molar-refractivity contribution in [3.05, 3.63) is 0 Å². The molecule has 0 radical (unpaired) electrons. The summed E-state index contributed by atoms with van der Waals surface area (Å²) < 4.78 is 69.4. The van der Waals surface area contributed by atoms with Crippen LogP contribution in [0.15, 0.2) is 0 Å². The van der Waals surface area contributed by atoms with Gasteiger partial charge in [0.2, 0.25) is 10.0 Å². The first-order valence-electron chi connectivity index (χ1n) is 6.83. The summed E-state index contributed by atoms with van der Waals surface area (Å²) in [5, 5.41) is 2.96. The van der Waals surface area contributed by atoms with E-state index < -0.39 is 28.8 Å². The number of alkyl halides is 3. The number of nitrogens with zero attached hydrogens (tertiary/aromatic N) is 1. The molecule has 0 amide bonds. The molecule has 1 atom stereocenters. The molecule has 0 spiro atoms. The molecule has 1 aliphatic heterocycles. The summed E-state index contributed by atoms with van der Waals surface area (Å²) in [5.41, 5.74) is 0. The highest BCUT2D eigenvalue weighted by molar-refractivity contribution is 7.89. The third-order valence-electron chi connectivity index (χ3n) is 3.17. The Bertz CT molecular complexity index is 397. The first kappa shape index (κ1) is 18.6. The molecule has 0 bridgehead atoms. The van der Waals surface area contributed by atoms with E-state index in [1.54, 1.807) is 6.92 Å². The molecular formula is C11H22F3N3O3S. The molecule has 2 N–H and O–H groups in total. The molecule has 1 aliphatic rings. The number of hydrogen-bond acceptors (Lipinski definition) is 5. The molecule has 126 valence electrons. The SMILES string of the molecule is CCOCCS(=O)(=O)NCC(N1CCNCC1)C(F)(F)F. The monoisotopic (exact) mass is 333 g/mol. The fourth-order valence-corrected chi connectivity index (χ4v) is 2.93. The lowest BCUT2D eigenvalue weighted by Crippen LogP contribution is -2.57. The van der Waals surface area contributed by atoms with Crippen LogP contribution in [0.25, 0.3) is 0 Å². The molecule has 21 heavy (non-hydrogen) atoms. The zero-order valence-corrected chi connectivity index (χ0v) is 12.8. The van der Waals surface area contributed by atoms with Gasteiger partial charge in [-0.3, -0.25) is 4.90 Å². The largest absolute Gasteiger partial charge is 0.405 e. The van der Waals surface area contributed by atoms with Crippen molar-refractivity contribution in [1.29, 1.82) is 0 Å². The predicted molar refractivity (Wildman–Crippen MR) is 72.6 cm³/mol. The van der Waals surface area contributed by atoms with Crippen molar-refractivity contribution in [1.82, 2.24) is 14.9 Å². The highest BCUT2D eigenvalue weighted by atomic mass is 32.2. The molecule has 1 rings (SSSR count). The van der Waals surface area contributed by atoms with Crippen molar-refractivity contribution in [2.24, 2.45) is 0 Å². The van der Waals surface area contributed by atoms with Crippen molar-refractivity contribution in [3.63, 3.8) is 0 Å². The maximum Gasteiger partial charge on any atom is 0.405 e. The van der Waals surface area contributed by atoms with E-state index in [0.717, 1.165) is 0 Å². The summed E-state index contributed by atoms with van der Waals surface area (Å²) in [6.07, 6.45) is -4.47. The quantitative estimate of drug-likeness (QED) is 0.601. The van der Waals surface area contributed by atoms with Crippen LogP contribution in [0.4, 0.5) is 13.2 Å². The van der Waals surface area contributed by atoms with Gasteiger partial charge in [0.15, 0.2) is 0 Å². The summed E-state index contributed by atoms with van der Waals surface area (Å²) >= 11 is 0. The van der Waals surface area contributed by atoms with Gasteiger partial charge in [0, 0.05) is 39.3 Å². The van der Waals surface area contributed by atoms with E-state index in [-0.39, 0.29) is 25.4 Å². The minimum absolute atomic E-state index is 0.0316. The topological polar surface area (TPSA) is 70.7 Å². The van der Waals surface area contributed by atoms with Gasteiger partial charge in [-0.2, -0.15) is 13.2 Å². The molecule has 1 unspecified atom stereocenters. The lowest BCUT2D eigenvalue weighted by Gasteiger charge is -2.35. The lowest BCUT2D eigenvalue weighted by atomic mass is 10.2. The third kappa shape index (κ3) is 6.92. The van der Waals surface area contributed by atoms with Crippen LogP contribution in [0.3, 0.4) is 0 Å². The summed E-state index contributed by atoms with van der Waals surface area (Å²) in [7, 11) is -3.77. The number of piperazine rings is 1. The van der Waals surface area contributed by atoms with Crippen LogP contribution in [0.1, 0.15) is 6.92 Å². The summed E-state index contributed by atoms with van der Waals surface area (Å²) in [6.45, 7) is 2.78. The molecule has 0 aliphatic carbocycles. The van der Waals surface area contributed by atoms with Crippen LogP contribution < -0.4 is 10.0 Å². The minimum atomic E-state index is -4.47. The number of nitrogens with one attached hydrogen (secondary N) is 2. The van der Waals surface area contributed by atoms with Gasteiger partial charge in [0.1, 0.15) is 6.04 Å². The van der Waals surface area contributed by atoms with Crippen molar-refractivity contribution < 1.29 is 26.3 Å². The second-order valence-corrected chi connectivity index (χ2v) is 6.63. The fraction of sp³-hybridized carbons (Fsp3) is 1.00. The van der Waals surface area contributed by atoms with Crippen molar-refractivity contribution in [2.75, 3.05) is 51.7 Å². The minimum Gasteiger partial charge on any atom is -0.381 e. The first-order chi connectivity index (χ1) is 9.76. The molecule has 6 nitrogen and oxygen atoms in total. The van der Waals surface area contributed by atoms with E-state index in [1.165, 1.54) is 4.90 Å². The maximum atomic E-state index is 13.1. The van der Waals surface area contributed by atoms with E-state index in [9.17, 15) is 21.6 Å². The van der Waals surface area contributed by atoms with Crippen molar-refractivity contribution in [3.8, 4) is 0 Å². The van der Waals surface area contributed by atoms with Gasteiger partial charge in [-0.05, 0) is 6.92 Å². The average Bonchev–Trinajstić information content (AvgIpc) is 2.38. The molecule has 0 aromatic carbocycles. The maximum absolute atomic E-state index is 13.1. The molecule has 1 fully saturated rings. The van der Waals surface area contributed by atoms with Crippen LogP contribution in [0, 0.1) is 0 Å². The molecule has 0 aromatic rings. The normalized spacial score (nSPS) is 19.6. The Labute approximate surface area is 123 Å². The summed E-state index contributed by atoms with van der Waals surface area (Å²) in [5.74, 6) is -0.340. The Balaban J connectivity index is 2.57. The van der Waals surface area contributed by atoms with Crippen LogP contribution in [0.2, 0.25) is 0 Å². The second kappa shape index (κ2) is 8.28. The van der Waals surface area contributed by atoms with Crippen molar-refractivity contribution >= 4 is 10.0 Å². The van der Waals surface area contributed by atoms with E-state index in [1.807, 2.05) is 4.72 Å². The number of halogens is 3. The number of rotatable bonds is 8. The number of hydrogen-bond donors (Lipinski definition) is 2. The molecule has 1 saturated heterocycles. The molecule has 10 heteroatoms. The van der Waals surface area contributed by atoms with Crippen LogP contribution in [-0.2, 0) is 14.8 Å². The number of ether oxygens (including phenoxy) is 1. The van der Waals surface area contributed by atoms with Gasteiger partial charge in [-0.25, -0.2) is 13.1 Å². The average molecular weight is 333 g/mol. The molecule has 1 heterocycles. The Morgan fingerprint density at radius 2 is 1.95 bits per heavy atom. The lowest BCUT2D eigenvalue weighted by molar-refractivity contribution is -0.182. The molecule has 0 aromatic heterocycles. The van der Waals surface area contributed by atoms with Gasteiger partial charge in [-0.1, -0.05) is 0 Å². The Kier molecular flexibility index (Phi) is 7.34. The highest BCUT2D eigenvalue weighted by Crippen LogP contribution is 2.24. The van der Waals surface area contributed by atoms with E-state index in [4.69, 9.17) is 4.74 Å². The standard InChI is InChI=1S/C11H22F3N3O3S/c1-2-20-7-8-21(18,19)16-9-10(11(12,13)14)17-5-3-15-4-6-17/h10,15-16H,2-9H2,1H3. The van der Waals surface area contributed by atoms with E-state index in [2.05, 4.69) is 5.32 Å². The zero-order valence-electron chi connectivity index (χ0n) is 11.9. The number of sulfonamides is 1. The zero-order chi connectivity index (χ0) is 15.9. The van der Waals surface area contributed by atoms with Gasteiger partial charge in [0.05, 0.1) is 12.4 Å². The van der Waals surface area contributed by atoms with Gasteiger partial charge in [-0.15, -0.1) is 0 Å². The Hall–Kier alpha value is -0.420.